The highest BCUT2D eigenvalue weighted by atomic mass is 32.2. The van der Waals surface area contributed by atoms with Crippen molar-refractivity contribution < 1.29 is 56.0 Å². The first kappa shape index (κ1) is 65.8. The summed E-state index contributed by atoms with van der Waals surface area (Å²) in [6.07, 6.45) is 8.15. The van der Waals surface area contributed by atoms with E-state index < -0.39 is 46.3 Å². The van der Waals surface area contributed by atoms with Crippen molar-refractivity contribution in [2.45, 2.75) is 232 Å². The van der Waals surface area contributed by atoms with Crippen molar-refractivity contribution in [2.24, 2.45) is 22.2 Å². The van der Waals surface area contributed by atoms with Gasteiger partial charge in [-0.1, -0.05) is 32.4 Å². The van der Waals surface area contributed by atoms with Gasteiger partial charge < -0.3 is 49.8 Å². The summed E-state index contributed by atoms with van der Waals surface area (Å²) >= 11 is 0. The van der Waals surface area contributed by atoms with Crippen LogP contribution >= 0.6 is 0 Å². The van der Waals surface area contributed by atoms with Gasteiger partial charge in [0.2, 0.25) is 29.6 Å². The molecular weight excluding hydrogens is 1090 g/mol. The van der Waals surface area contributed by atoms with Crippen LogP contribution in [0.15, 0.2) is 34.2 Å². The number of fused-ring (bicyclic) bond motifs is 1. The third-order valence-corrected chi connectivity index (χ3v) is 19.5. The van der Waals surface area contributed by atoms with Crippen molar-refractivity contribution in [1.29, 1.82) is 0 Å². The number of likely N-dealkylation sites (tertiary alicyclic amines) is 1. The van der Waals surface area contributed by atoms with Gasteiger partial charge in [0.15, 0.2) is 0 Å². The zero-order chi connectivity index (χ0) is 61.7. The highest BCUT2D eigenvalue weighted by Gasteiger charge is 2.69. The van der Waals surface area contributed by atoms with Gasteiger partial charge in [-0.25, -0.2) is 13.1 Å². The van der Waals surface area contributed by atoms with E-state index >= 15 is 0 Å². The molecule has 6 aliphatic rings. The van der Waals surface area contributed by atoms with Gasteiger partial charge in [0.1, 0.15) is 29.0 Å². The van der Waals surface area contributed by atoms with Crippen molar-refractivity contribution in [3.8, 4) is 5.75 Å². The van der Waals surface area contributed by atoms with Gasteiger partial charge in [-0.3, -0.25) is 33.8 Å². The molecule has 8 rings (SSSR count). The molecule has 84 heavy (non-hydrogen) atoms. The van der Waals surface area contributed by atoms with Gasteiger partial charge in [0.25, 0.3) is 15.9 Å². The van der Waals surface area contributed by atoms with E-state index in [1.807, 2.05) is 46.4 Å². The van der Waals surface area contributed by atoms with Gasteiger partial charge >= 0.3 is 13.1 Å². The molecule has 2 bridgehead atoms. The standard InChI is InChI=1S/C62H95BN8O12S/c1-38-39(2)54(40(3)45-36-60(8,9)81-53(38)45)84(78,79)69-58(70(13)14)65-32-20-22-46(68-51(73)25-16-15-17-26-52(74)80-59(5,6)7)56(76)64-31-19-18-24-50(72)66-37-42-27-29-43(30-28-42)55(75)67-41(4)57(77)71-33-21-23-49(71)63-82-48-35-44-34-47(61(44,10)11)62(48,12)83-63/h27-30,41,44,46-49H,15-26,31-37H2,1-14H3,(H,64,76)(H,65,69)(H,66,72)(H,67,75)(H,68,73)/t41-,44+,46+,47+,48?,49+,62+/m1/s1. The lowest BCUT2D eigenvalue weighted by atomic mass is 9.43. The Balaban J connectivity index is 0.847. The van der Waals surface area contributed by atoms with Crippen LogP contribution in [-0.4, -0.2) is 141 Å². The van der Waals surface area contributed by atoms with Crippen molar-refractivity contribution in [1.82, 2.24) is 35.8 Å². The number of guanidine groups is 1. The predicted molar refractivity (Wildman–Crippen MR) is 322 cm³/mol. The molecule has 3 aliphatic carbocycles. The van der Waals surface area contributed by atoms with Gasteiger partial charge in [-0.2, -0.15) is 0 Å². The van der Waals surface area contributed by atoms with Crippen LogP contribution in [0.4, 0.5) is 0 Å². The van der Waals surface area contributed by atoms with Gasteiger partial charge in [-0.05, 0) is 185 Å². The predicted octanol–water partition coefficient (Wildman–Crippen LogP) is 7.06. The Morgan fingerprint density at radius 2 is 1.54 bits per heavy atom. The number of aliphatic imine (C=N–C) groups is 1. The van der Waals surface area contributed by atoms with Crippen LogP contribution in [0.2, 0.25) is 0 Å². The Morgan fingerprint density at radius 1 is 0.857 bits per heavy atom. The quantitative estimate of drug-likeness (QED) is 0.0220. The van der Waals surface area contributed by atoms with Crippen LogP contribution in [0.25, 0.3) is 0 Å². The van der Waals surface area contributed by atoms with E-state index in [9.17, 15) is 37.2 Å². The molecule has 5 N–H and O–H groups in total. The lowest BCUT2D eigenvalue weighted by Crippen LogP contribution is -2.65. The van der Waals surface area contributed by atoms with E-state index in [4.69, 9.17) is 18.8 Å². The fraction of sp³-hybridized carbons (Fsp3) is 0.694. The minimum absolute atomic E-state index is 0.0253. The van der Waals surface area contributed by atoms with E-state index in [0.717, 1.165) is 48.1 Å². The normalized spacial score (nSPS) is 22.8. The van der Waals surface area contributed by atoms with Gasteiger partial charge in [0.05, 0.1) is 22.5 Å². The molecule has 3 saturated carbocycles. The van der Waals surface area contributed by atoms with Crippen LogP contribution < -0.4 is 30.7 Å². The number of carbonyl (C=O) groups is 6. The lowest BCUT2D eigenvalue weighted by molar-refractivity contribution is -0.199. The summed E-state index contributed by atoms with van der Waals surface area (Å²) in [5.74, 6) is -0.0380. The maximum absolute atomic E-state index is 14.1. The molecule has 2 aromatic carbocycles. The number of hydrogen-bond donors (Lipinski definition) is 5. The highest BCUT2D eigenvalue weighted by Crippen LogP contribution is 2.66. The minimum Gasteiger partial charge on any atom is -0.487 e. The number of benzene rings is 2. The number of sulfonamides is 1. The first-order chi connectivity index (χ1) is 39.3. The molecule has 0 spiro atoms. The number of unbranched alkanes of at least 4 members (excludes halogenated alkanes) is 3. The zero-order valence-corrected chi connectivity index (χ0v) is 53.3. The van der Waals surface area contributed by atoms with Crippen LogP contribution in [0.1, 0.15) is 190 Å². The van der Waals surface area contributed by atoms with E-state index in [2.05, 4.69) is 51.8 Å². The fourth-order valence-electron chi connectivity index (χ4n) is 13.0. The summed E-state index contributed by atoms with van der Waals surface area (Å²) in [6, 6.07) is 5.20. The minimum atomic E-state index is -4.09. The average molecular weight is 1190 g/mol. The Morgan fingerprint density at radius 3 is 2.21 bits per heavy atom. The zero-order valence-electron chi connectivity index (χ0n) is 52.4. The van der Waals surface area contributed by atoms with Crippen molar-refractivity contribution >= 4 is 58.6 Å². The summed E-state index contributed by atoms with van der Waals surface area (Å²) in [4.78, 5) is 87.4. The van der Waals surface area contributed by atoms with E-state index in [1.165, 1.54) is 0 Å². The summed E-state index contributed by atoms with van der Waals surface area (Å²) in [5, 5.41) is 11.6. The second kappa shape index (κ2) is 26.9. The topological polar surface area (TPSA) is 252 Å². The van der Waals surface area contributed by atoms with Crippen LogP contribution in [0.3, 0.4) is 0 Å². The van der Waals surface area contributed by atoms with Crippen LogP contribution in [0.5, 0.6) is 5.75 Å². The first-order valence-corrected chi connectivity index (χ1v) is 32.0. The molecule has 5 fully saturated rings. The molecule has 464 valence electrons. The molecule has 3 heterocycles. The Hall–Kier alpha value is -5.74. The number of amides is 5. The first-order valence-electron chi connectivity index (χ1n) is 30.5. The molecule has 3 aliphatic heterocycles. The summed E-state index contributed by atoms with van der Waals surface area (Å²) in [5.41, 5.74) is 2.86. The number of hydrogen-bond acceptors (Lipinski definition) is 13. The summed E-state index contributed by atoms with van der Waals surface area (Å²) in [6.45, 7) is 24.6. The maximum atomic E-state index is 14.1. The average Bonchev–Trinajstić information content (AvgIpc) is 1.39. The van der Waals surface area contributed by atoms with E-state index in [1.54, 1.807) is 64.0 Å². The second-order valence-electron chi connectivity index (χ2n) is 26.7. The van der Waals surface area contributed by atoms with Gasteiger partial charge in [-0.15, -0.1) is 0 Å². The summed E-state index contributed by atoms with van der Waals surface area (Å²) < 4.78 is 55.7. The molecule has 0 aromatic heterocycles. The van der Waals surface area contributed by atoms with Crippen LogP contribution in [-0.2, 0) is 61.0 Å². The molecule has 2 saturated heterocycles. The molecular formula is C62H95BN8O12S. The number of carbonyl (C=O) groups excluding carboxylic acids is 6. The largest absolute Gasteiger partial charge is 0.487 e. The molecule has 20 nitrogen and oxygen atoms in total. The van der Waals surface area contributed by atoms with Crippen LogP contribution in [0, 0.1) is 38.0 Å². The molecule has 1 unspecified atom stereocenters. The highest BCUT2D eigenvalue weighted by molar-refractivity contribution is 7.90. The van der Waals surface area contributed by atoms with E-state index in [0.29, 0.717) is 80.0 Å². The van der Waals surface area contributed by atoms with Crippen molar-refractivity contribution in [3.63, 3.8) is 0 Å². The molecule has 2 aromatic rings. The lowest BCUT2D eigenvalue weighted by Gasteiger charge is -2.64. The number of nitrogens with one attached hydrogen (secondary N) is 5. The van der Waals surface area contributed by atoms with E-state index in [-0.39, 0.29) is 109 Å². The maximum Gasteiger partial charge on any atom is 0.481 e. The molecule has 0 radical (unpaired) electrons. The van der Waals surface area contributed by atoms with Gasteiger partial charge in [0, 0.05) is 77.1 Å². The van der Waals surface area contributed by atoms with Crippen molar-refractivity contribution in [3.05, 3.63) is 57.6 Å². The SMILES string of the molecule is Cc1c(C)c(S(=O)(=O)NC(=NCCC[C@H](NC(=O)CCCCCC(=O)OC(C)(C)C)C(=O)NCCCCC(=O)NCc2ccc(C(=O)N[C@H](C)C(=O)N3CCC[C@H]3B3OC4C[C@@H]5C[C@@H](C5(C)C)[C@]4(C)O3)cc2)N(C)C)c(C)c2c1OC(C)(C)C2. The number of rotatable bonds is 25. The smallest absolute Gasteiger partial charge is 0.481 e. The Kier molecular flexibility index (Phi) is 21.1. The third kappa shape index (κ3) is 15.8. The van der Waals surface area contributed by atoms with Crippen molar-refractivity contribution in [2.75, 3.05) is 33.7 Å². The summed E-state index contributed by atoms with van der Waals surface area (Å²) in [7, 11) is -1.20. The molecule has 5 amide bonds. The molecule has 22 heteroatoms. The number of ether oxygens (including phenoxy) is 2. The Bertz CT molecular complexity index is 2910. The molecule has 7 atom stereocenters. The Labute approximate surface area is 499 Å². The number of nitrogens with zero attached hydrogens (tertiary/aromatic N) is 3. The third-order valence-electron chi connectivity index (χ3n) is 17.9. The fourth-order valence-corrected chi connectivity index (χ4v) is 14.7. The monoisotopic (exact) mass is 1190 g/mol. The second-order valence-corrected chi connectivity index (χ2v) is 28.3. The number of esters is 1.